The van der Waals surface area contributed by atoms with Gasteiger partial charge in [-0.2, -0.15) is 4.98 Å². The Bertz CT molecular complexity index is 1220. The van der Waals surface area contributed by atoms with Crippen LogP contribution < -0.4 is 4.90 Å². The summed E-state index contributed by atoms with van der Waals surface area (Å²) in [4.78, 5) is 23.8. The second-order valence-corrected chi connectivity index (χ2v) is 8.23. The molecule has 7 heteroatoms. The number of amides is 1. The van der Waals surface area contributed by atoms with Crippen molar-refractivity contribution in [1.29, 1.82) is 0 Å². The van der Waals surface area contributed by atoms with Crippen molar-refractivity contribution in [2.45, 2.75) is 31.7 Å². The number of benzene rings is 2. The van der Waals surface area contributed by atoms with Gasteiger partial charge in [-0.05, 0) is 50.6 Å². The Labute approximate surface area is 180 Å². The third kappa shape index (κ3) is 4.07. The maximum atomic E-state index is 13.2. The smallest absolute Gasteiger partial charge is 0.258 e. The topological polar surface area (TPSA) is 63.4 Å². The van der Waals surface area contributed by atoms with E-state index in [2.05, 4.69) is 15.1 Å². The van der Waals surface area contributed by atoms with Gasteiger partial charge in [0.25, 0.3) is 11.7 Å². The van der Waals surface area contributed by atoms with Gasteiger partial charge in [0.05, 0.1) is 0 Å². The summed E-state index contributed by atoms with van der Waals surface area (Å²) in [5.74, 6) is 1.16. The van der Waals surface area contributed by atoms with Crippen LogP contribution in [0.15, 0.2) is 59.8 Å². The van der Waals surface area contributed by atoms with Crippen molar-refractivity contribution < 1.29 is 4.79 Å². The van der Waals surface area contributed by atoms with Gasteiger partial charge in [-0.25, -0.2) is 9.50 Å². The highest BCUT2D eigenvalue weighted by molar-refractivity contribution is 7.98. The zero-order chi connectivity index (χ0) is 21.3. The Morgan fingerprint density at radius 2 is 1.77 bits per heavy atom. The van der Waals surface area contributed by atoms with E-state index in [0.29, 0.717) is 22.3 Å². The minimum Gasteiger partial charge on any atom is -0.311 e. The molecule has 152 valence electrons. The van der Waals surface area contributed by atoms with Gasteiger partial charge in [-0.3, -0.25) is 4.79 Å². The fourth-order valence-corrected chi connectivity index (χ4v) is 4.09. The number of carbonyl (C=O) groups excluding carboxylic acids is 1. The third-order valence-electron chi connectivity index (χ3n) is 4.93. The van der Waals surface area contributed by atoms with Gasteiger partial charge >= 0.3 is 0 Å². The summed E-state index contributed by atoms with van der Waals surface area (Å²) in [7, 11) is 1.80. The second-order valence-electron chi connectivity index (χ2n) is 7.29. The number of thioether (sulfide) groups is 1. The molecule has 6 nitrogen and oxygen atoms in total. The fraction of sp³-hybridized carbons (Fsp3) is 0.217. The van der Waals surface area contributed by atoms with E-state index < -0.39 is 0 Å². The van der Waals surface area contributed by atoms with E-state index in [1.165, 1.54) is 11.8 Å². The lowest BCUT2D eigenvalue weighted by molar-refractivity contribution is 0.0992. The van der Waals surface area contributed by atoms with Crippen LogP contribution in [0.5, 0.6) is 0 Å². The summed E-state index contributed by atoms with van der Waals surface area (Å²) in [5.41, 5.74) is 5.57. The van der Waals surface area contributed by atoms with Crippen LogP contribution in [0.3, 0.4) is 0 Å². The Balaban J connectivity index is 1.55. The molecule has 4 aromatic rings. The van der Waals surface area contributed by atoms with Crippen molar-refractivity contribution >= 4 is 29.1 Å². The van der Waals surface area contributed by atoms with Crippen molar-refractivity contribution in [3.63, 3.8) is 0 Å². The van der Waals surface area contributed by atoms with Gasteiger partial charge in [-0.15, -0.1) is 5.10 Å². The van der Waals surface area contributed by atoms with E-state index in [9.17, 15) is 4.79 Å². The van der Waals surface area contributed by atoms with Gasteiger partial charge in [0.2, 0.25) is 5.16 Å². The van der Waals surface area contributed by atoms with Gasteiger partial charge in [0, 0.05) is 35.4 Å². The number of aromatic nitrogens is 4. The van der Waals surface area contributed by atoms with Crippen LogP contribution in [0, 0.1) is 20.8 Å². The molecule has 1 amide bonds. The van der Waals surface area contributed by atoms with Crippen LogP contribution in [-0.2, 0) is 5.75 Å². The van der Waals surface area contributed by atoms with Crippen LogP contribution in [0.25, 0.3) is 5.78 Å². The molecule has 0 aliphatic heterocycles. The van der Waals surface area contributed by atoms with Crippen molar-refractivity contribution in [2.75, 3.05) is 11.9 Å². The maximum absolute atomic E-state index is 13.2. The summed E-state index contributed by atoms with van der Waals surface area (Å²) < 4.78 is 1.75. The first kappa shape index (κ1) is 20.1. The minimum absolute atomic E-state index is 0.0360. The van der Waals surface area contributed by atoms with Crippen molar-refractivity contribution in [2.24, 2.45) is 0 Å². The molecule has 0 saturated heterocycles. The van der Waals surface area contributed by atoms with E-state index in [0.717, 1.165) is 28.2 Å². The van der Waals surface area contributed by atoms with E-state index >= 15 is 0 Å². The molecule has 2 heterocycles. The largest absolute Gasteiger partial charge is 0.311 e. The first-order chi connectivity index (χ1) is 14.4. The van der Waals surface area contributed by atoms with Gasteiger partial charge in [-0.1, -0.05) is 47.7 Å². The van der Waals surface area contributed by atoms with Crippen molar-refractivity contribution in [1.82, 2.24) is 19.6 Å². The Morgan fingerprint density at radius 3 is 2.53 bits per heavy atom. The highest BCUT2D eigenvalue weighted by Gasteiger charge is 2.18. The standard InChI is InChI=1S/C23H23N5OS/c1-15-9-11-19(12-10-15)27(4)21(29)20-8-6-5-7-18(20)14-30-23-25-22-24-16(2)13-17(3)28(22)26-23/h5-13H,14H2,1-4H3. The fourth-order valence-electron chi connectivity index (χ4n) is 3.27. The lowest BCUT2D eigenvalue weighted by atomic mass is 10.1. The Morgan fingerprint density at radius 1 is 1.03 bits per heavy atom. The molecule has 0 unspecified atom stereocenters. The molecule has 0 saturated carbocycles. The van der Waals surface area contributed by atoms with Crippen LogP contribution in [0.4, 0.5) is 5.69 Å². The first-order valence-electron chi connectivity index (χ1n) is 9.69. The van der Waals surface area contributed by atoms with Gasteiger partial charge in [0.1, 0.15) is 0 Å². The summed E-state index contributed by atoms with van der Waals surface area (Å²) in [6.07, 6.45) is 0. The first-order valence-corrected chi connectivity index (χ1v) is 10.7. The van der Waals surface area contributed by atoms with E-state index in [1.54, 1.807) is 16.5 Å². The highest BCUT2D eigenvalue weighted by Crippen LogP contribution is 2.25. The number of carbonyl (C=O) groups is 1. The molecule has 0 radical (unpaired) electrons. The molecule has 30 heavy (non-hydrogen) atoms. The van der Waals surface area contributed by atoms with Crippen LogP contribution in [-0.4, -0.2) is 32.5 Å². The molecule has 0 aliphatic carbocycles. The van der Waals surface area contributed by atoms with Crippen molar-refractivity contribution in [3.8, 4) is 0 Å². The van der Waals surface area contributed by atoms with Gasteiger partial charge < -0.3 is 4.90 Å². The molecule has 0 N–H and O–H groups in total. The van der Waals surface area contributed by atoms with Crippen LogP contribution in [0.2, 0.25) is 0 Å². The zero-order valence-electron chi connectivity index (χ0n) is 17.5. The lowest BCUT2D eigenvalue weighted by Crippen LogP contribution is -2.27. The molecule has 0 fully saturated rings. The number of nitrogens with zero attached hydrogens (tertiary/aromatic N) is 5. The SMILES string of the molecule is Cc1ccc(N(C)C(=O)c2ccccc2CSc2nc3nc(C)cc(C)n3n2)cc1. The monoisotopic (exact) mass is 417 g/mol. The number of anilines is 1. The maximum Gasteiger partial charge on any atom is 0.258 e. The predicted molar refractivity (Wildman–Crippen MR) is 120 cm³/mol. The zero-order valence-corrected chi connectivity index (χ0v) is 18.3. The van der Waals surface area contributed by atoms with Crippen LogP contribution in [0.1, 0.15) is 32.9 Å². The molecule has 2 aromatic carbocycles. The van der Waals surface area contributed by atoms with Crippen molar-refractivity contribution in [3.05, 3.63) is 82.7 Å². The third-order valence-corrected chi connectivity index (χ3v) is 5.82. The minimum atomic E-state index is -0.0360. The Kier molecular flexibility index (Phi) is 5.55. The van der Waals surface area contributed by atoms with Crippen LogP contribution >= 0.6 is 11.8 Å². The average Bonchev–Trinajstić information content (AvgIpc) is 3.15. The highest BCUT2D eigenvalue weighted by atomic mass is 32.2. The lowest BCUT2D eigenvalue weighted by Gasteiger charge is -2.19. The summed E-state index contributed by atoms with van der Waals surface area (Å²) in [6.45, 7) is 5.96. The molecule has 0 spiro atoms. The summed E-state index contributed by atoms with van der Waals surface area (Å²) in [5, 5.41) is 5.19. The number of rotatable bonds is 5. The molecule has 4 rings (SSSR count). The quantitative estimate of drug-likeness (QED) is 0.444. The number of hydrogen-bond donors (Lipinski definition) is 0. The predicted octanol–water partition coefficient (Wildman–Crippen LogP) is 4.62. The molecular weight excluding hydrogens is 394 g/mol. The molecule has 0 aliphatic rings. The summed E-state index contributed by atoms with van der Waals surface area (Å²) >= 11 is 1.50. The second kappa shape index (κ2) is 8.28. The number of fused-ring (bicyclic) bond motifs is 1. The van der Waals surface area contributed by atoms with E-state index in [-0.39, 0.29) is 5.91 Å². The summed E-state index contributed by atoms with van der Waals surface area (Å²) in [6, 6.07) is 17.6. The molecule has 2 aromatic heterocycles. The van der Waals surface area contributed by atoms with E-state index in [4.69, 9.17) is 0 Å². The van der Waals surface area contributed by atoms with Gasteiger partial charge in [0.15, 0.2) is 0 Å². The Hall–Kier alpha value is -3.19. The molecule has 0 atom stereocenters. The normalized spacial score (nSPS) is 11.1. The average molecular weight is 418 g/mol. The number of hydrogen-bond acceptors (Lipinski definition) is 5. The molecule has 0 bridgehead atoms. The molecular formula is C23H23N5OS. The number of aryl methyl sites for hydroxylation is 3. The van der Waals surface area contributed by atoms with E-state index in [1.807, 2.05) is 75.4 Å².